The highest BCUT2D eigenvalue weighted by Crippen LogP contribution is 2.17. The van der Waals surface area contributed by atoms with E-state index in [9.17, 15) is 4.79 Å². The minimum atomic E-state index is -0.790. The maximum Gasteiger partial charge on any atom is 0.308 e. The fraction of sp³-hybridized carbons (Fsp3) is 0.636. The van der Waals surface area contributed by atoms with Gasteiger partial charge in [0.15, 0.2) is 0 Å². The maximum atomic E-state index is 10.8. The Morgan fingerprint density at radius 2 is 2.25 bits per heavy atom. The number of aryl methyl sites for hydroxylation is 2. The molecule has 0 fully saturated rings. The Kier molecular flexibility index (Phi) is 3.93. The molecule has 0 spiro atoms. The minimum Gasteiger partial charge on any atom is -0.481 e. The van der Waals surface area contributed by atoms with Crippen molar-refractivity contribution in [3.8, 4) is 0 Å². The van der Waals surface area contributed by atoms with Gasteiger partial charge in [-0.05, 0) is 20.3 Å². The lowest BCUT2D eigenvalue weighted by Gasteiger charge is -2.18. The second-order valence-corrected chi connectivity index (χ2v) is 4.08. The van der Waals surface area contributed by atoms with Crippen molar-refractivity contribution in [2.24, 2.45) is 13.0 Å². The summed E-state index contributed by atoms with van der Waals surface area (Å²) in [5.74, 6) is -1.22. The molecule has 2 unspecified atom stereocenters. The summed E-state index contributed by atoms with van der Waals surface area (Å²) in [6, 6.07) is -0.119. The summed E-state index contributed by atoms with van der Waals surface area (Å²) in [5.41, 5.74) is 1.89. The van der Waals surface area contributed by atoms with E-state index in [-0.39, 0.29) is 6.04 Å². The predicted molar refractivity (Wildman–Crippen MR) is 62.5 cm³/mol. The van der Waals surface area contributed by atoms with Gasteiger partial charge in [0, 0.05) is 19.3 Å². The van der Waals surface area contributed by atoms with E-state index in [1.165, 1.54) is 0 Å². The van der Waals surface area contributed by atoms with Crippen LogP contribution in [0.2, 0.25) is 0 Å². The molecule has 5 heteroatoms. The lowest BCUT2D eigenvalue weighted by Crippen LogP contribution is -2.29. The van der Waals surface area contributed by atoms with Crippen molar-refractivity contribution < 1.29 is 9.90 Å². The first kappa shape index (κ1) is 12.5. The first-order chi connectivity index (χ1) is 7.45. The zero-order valence-electron chi connectivity index (χ0n) is 10.2. The molecule has 0 radical (unpaired) electrons. The molecule has 0 amide bonds. The molecule has 0 bridgehead atoms. The van der Waals surface area contributed by atoms with Gasteiger partial charge in [0.2, 0.25) is 0 Å². The number of nitrogens with zero attached hydrogens (tertiary/aromatic N) is 2. The van der Waals surface area contributed by atoms with E-state index in [4.69, 9.17) is 5.11 Å². The molecule has 0 aromatic carbocycles. The topological polar surface area (TPSA) is 67.2 Å². The molecule has 1 heterocycles. The van der Waals surface area contributed by atoms with Crippen molar-refractivity contribution in [2.45, 2.75) is 33.2 Å². The van der Waals surface area contributed by atoms with Crippen LogP contribution >= 0.6 is 0 Å². The van der Waals surface area contributed by atoms with Crippen LogP contribution in [-0.2, 0) is 18.3 Å². The molecular weight excluding hydrogens is 206 g/mol. The zero-order valence-corrected chi connectivity index (χ0v) is 10.2. The monoisotopic (exact) mass is 225 g/mol. The first-order valence-corrected chi connectivity index (χ1v) is 5.47. The van der Waals surface area contributed by atoms with Crippen molar-refractivity contribution >= 4 is 11.7 Å². The number of carboxylic acid groups (broad SMARTS) is 1. The number of carboxylic acids is 1. The number of hydrogen-bond acceptors (Lipinski definition) is 3. The molecule has 0 saturated carbocycles. The third kappa shape index (κ3) is 2.74. The fourth-order valence-corrected chi connectivity index (χ4v) is 1.50. The van der Waals surface area contributed by atoms with E-state index in [2.05, 4.69) is 10.4 Å². The van der Waals surface area contributed by atoms with E-state index >= 15 is 0 Å². The van der Waals surface area contributed by atoms with Crippen LogP contribution in [0.1, 0.15) is 26.5 Å². The Bertz CT molecular complexity index is 373. The van der Waals surface area contributed by atoms with E-state index in [1.807, 2.05) is 27.1 Å². The van der Waals surface area contributed by atoms with E-state index in [0.717, 1.165) is 17.8 Å². The van der Waals surface area contributed by atoms with Gasteiger partial charge in [-0.1, -0.05) is 6.92 Å². The van der Waals surface area contributed by atoms with Crippen molar-refractivity contribution in [1.29, 1.82) is 0 Å². The number of carbonyl (C=O) groups is 1. The molecule has 90 valence electrons. The lowest BCUT2D eigenvalue weighted by atomic mass is 10.0. The third-order valence-corrected chi connectivity index (χ3v) is 2.76. The fourth-order valence-electron chi connectivity index (χ4n) is 1.50. The number of aliphatic carboxylic acids is 1. The standard InChI is InChI=1S/C11H19N3O2/c1-5-9-10(6-14(4)13-9)12-8(3)7(2)11(15)16/h6-8,12H,5H2,1-4H3,(H,15,16). The summed E-state index contributed by atoms with van der Waals surface area (Å²) in [4.78, 5) is 10.8. The zero-order chi connectivity index (χ0) is 12.3. The van der Waals surface area contributed by atoms with Crippen molar-refractivity contribution in [3.05, 3.63) is 11.9 Å². The van der Waals surface area contributed by atoms with E-state index < -0.39 is 11.9 Å². The van der Waals surface area contributed by atoms with Crippen LogP contribution in [0.5, 0.6) is 0 Å². The van der Waals surface area contributed by atoms with Crippen LogP contribution < -0.4 is 5.32 Å². The highest BCUT2D eigenvalue weighted by molar-refractivity contribution is 5.71. The van der Waals surface area contributed by atoms with Gasteiger partial charge in [0.05, 0.1) is 17.3 Å². The normalized spacial score (nSPS) is 14.5. The smallest absolute Gasteiger partial charge is 0.308 e. The second-order valence-electron chi connectivity index (χ2n) is 4.08. The van der Waals surface area contributed by atoms with Gasteiger partial charge >= 0.3 is 5.97 Å². The van der Waals surface area contributed by atoms with Crippen LogP contribution in [0.15, 0.2) is 6.20 Å². The molecule has 0 aliphatic rings. The Balaban J connectivity index is 2.75. The minimum absolute atomic E-state index is 0.119. The summed E-state index contributed by atoms with van der Waals surface area (Å²) in [5, 5.41) is 16.4. The van der Waals surface area contributed by atoms with Crippen LogP contribution in [-0.4, -0.2) is 26.9 Å². The number of aromatic nitrogens is 2. The highest BCUT2D eigenvalue weighted by atomic mass is 16.4. The quantitative estimate of drug-likeness (QED) is 0.797. The van der Waals surface area contributed by atoms with Crippen LogP contribution in [0.25, 0.3) is 0 Å². The molecule has 1 rings (SSSR count). The van der Waals surface area contributed by atoms with Crippen molar-refractivity contribution in [2.75, 3.05) is 5.32 Å². The van der Waals surface area contributed by atoms with Crippen molar-refractivity contribution in [3.63, 3.8) is 0 Å². The van der Waals surface area contributed by atoms with Gasteiger partial charge in [-0.2, -0.15) is 5.10 Å². The molecule has 0 aliphatic carbocycles. The molecule has 16 heavy (non-hydrogen) atoms. The summed E-state index contributed by atoms with van der Waals surface area (Å²) in [6.45, 7) is 5.59. The molecule has 1 aromatic rings. The summed E-state index contributed by atoms with van der Waals surface area (Å²) >= 11 is 0. The van der Waals surface area contributed by atoms with Gasteiger partial charge in [-0.3, -0.25) is 9.48 Å². The summed E-state index contributed by atoms with van der Waals surface area (Å²) in [6.07, 6.45) is 2.71. The Morgan fingerprint density at radius 1 is 1.62 bits per heavy atom. The lowest BCUT2D eigenvalue weighted by molar-refractivity contribution is -0.141. The van der Waals surface area contributed by atoms with Gasteiger partial charge in [0.25, 0.3) is 0 Å². The summed E-state index contributed by atoms with van der Waals surface area (Å²) < 4.78 is 1.74. The number of anilines is 1. The molecule has 2 N–H and O–H groups in total. The molecular formula is C11H19N3O2. The van der Waals surface area contributed by atoms with Gasteiger partial charge < -0.3 is 10.4 Å². The maximum absolute atomic E-state index is 10.8. The van der Waals surface area contributed by atoms with E-state index in [1.54, 1.807) is 11.6 Å². The SMILES string of the molecule is CCc1nn(C)cc1NC(C)C(C)C(=O)O. The van der Waals surface area contributed by atoms with Crippen LogP contribution in [0.3, 0.4) is 0 Å². The van der Waals surface area contributed by atoms with Crippen molar-refractivity contribution in [1.82, 2.24) is 9.78 Å². The van der Waals surface area contributed by atoms with Gasteiger partial charge in [-0.25, -0.2) is 0 Å². The summed E-state index contributed by atoms with van der Waals surface area (Å²) in [7, 11) is 1.86. The van der Waals surface area contributed by atoms with E-state index in [0.29, 0.717) is 0 Å². The highest BCUT2D eigenvalue weighted by Gasteiger charge is 2.20. The van der Waals surface area contributed by atoms with Crippen LogP contribution in [0.4, 0.5) is 5.69 Å². The molecule has 2 atom stereocenters. The molecule has 5 nitrogen and oxygen atoms in total. The largest absolute Gasteiger partial charge is 0.481 e. The number of rotatable bonds is 5. The third-order valence-electron chi connectivity index (χ3n) is 2.76. The molecule has 0 aliphatic heterocycles. The predicted octanol–water partition coefficient (Wildman–Crippen LogP) is 1.50. The number of nitrogens with one attached hydrogen (secondary N) is 1. The molecule has 0 saturated heterocycles. The average Bonchev–Trinajstić information content (AvgIpc) is 2.57. The average molecular weight is 225 g/mol. The Labute approximate surface area is 95.5 Å². The second kappa shape index (κ2) is 5.01. The number of hydrogen-bond donors (Lipinski definition) is 2. The molecule has 1 aromatic heterocycles. The first-order valence-electron chi connectivity index (χ1n) is 5.47. The van der Waals surface area contributed by atoms with Gasteiger partial charge in [-0.15, -0.1) is 0 Å². The van der Waals surface area contributed by atoms with Crippen LogP contribution in [0, 0.1) is 5.92 Å². The van der Waals surface area contributed by atoms with Gasteiger partial charge in [0.1, 0.15) is 0 Å². The Morgan fingerprint density at radius 3 is 2.75 bits per heavy atom. The Hall–Kier alpha value is -1.52.